The van der Waals surface area contributed by atoms with E-state index in [0.717, 1.165) is 11.1 Å². The molecule has 0 saturated carbocycles. The van der Waals surface area contributed by atoms with E-state index >= 15 is 0 Å². The first-order valence-corrected chi connectivity index (χ1v) is 9.54. The van der Waals surface area contributed by atoms with Crippen molar-refractivity contribution in [3.8, 4) is 0 Å². The number of carbonyl (C=O) groups excluding carboxylic acids is 1. The number of ether oxygens (including phenoxy) is 1. The number of aryl methyl sites for hydroxylation is 1. The predicted molar refractivity (Wildman–Crippen MR) is 96.6 cm³/mol. The third-order valence-corrected chi connectivity index (χ3v) is 5.93. The third-order valence-electron chi connectivity index (χ3n) is 4.06. The molecule has 2 rings (SSSR count). The fraction of sp³-hybridized carbons (Fsp3) is 0.316. The molecule has 134 valence electrons. The fourth-order valence-corrected chi connectivity index (χ4v) is 4.31. The molecule has 0 aromatic heterocycles. The van der Waals surface area contributed by atoms with Gasteiger partial charge in [-0.05, 0) is 31.0 Å². The van der Waals surface area contributed by atoms with Crippen molar-refractivity contribution in [1.29, 1.82) is 0 Å². The van der Waals surface area contributed by atoms with E-state index in [-0.39, 0.29) is 11.4 Å². The Bertz CT molecular complexity index is 801. The summed E-state index contributed by atoms with van der Waals surface area (Å²) in [7, 11) is -2.60. The topological polar surface area (TPSA) is 63.7 Å². The van der Waals surface area contributed by atoms with Gasteiger partial charge >= 0.3 is 5.97 Å². The van der Waals surface area contributed by atoms with Crippen LogP contribution in [0.25, 0.3) is 0 Å². The van der Waals surface area contributed by atoms with Crippen LogP contribution in [-0.2, 0) is 19.6 Å². The molecular weight excluding hydrogens is 338 g/mol. The van der Waals surface area contributed by atoms with Crippen molar-refractivity contribution in [3.05, 3.63) is 65.7 Å². The monoisotopic (exact) mass is 361 g/mol. The second kappa shape index (κ2) is 8.27. The lowest BCUT2D eigenvalue weighted by molar-refractivity contribution is -0.141. The Balaban J connectivity index is 2.50. The molecule has 0 spiro atoms. The molecule has 0 N–H and O–H groups in total. The molecule has 2 aromatic rings. The van der Waals surface area contributed by atoms with E-state index in [4.69, 9.17) is 4.74 Å². The van der Waals surface area contributed by atoms with Crippen molar-refractivity contribution in [1.82, 2.24) is 4.31 Å². The first kappa shape index (κ1) is 19.1. The van der Waals surface area contributed by atoms with Crippen LogP contribution in [-0.4, -0.2) is 32.3 Å². The minimum absolute atomic E-state index is 0.163. The van der Waals surface area contributed by atoms with Crippen LogP contribution in [0.2, 0.25) is 0 Å². The molecule has 25 heavy (non-hydrogen) atoms. The molecule has 0 aliphatic heterocycles. The molecule has 0 aliphatic rings. The van der Waals surface area contributed by atoms with Crippen LogP contribution in [0.4, 0.5) is 0 Å². The van der Waals surface area contributed by atoms with E-state index in [2.05, 4.69) is 0 Å². The zero-order valence-corrected chi connectivity index (χ0v) is 15.5. The van der Waals surface area contributed by atoms with Gasteiger partial charge in [0.15, 0.2) is 0 Å². The molecule has 2 aromatic carbocycles. The van der Waals surface area contributed by atoms with Gasteiger partial charge in [-0.3, -0.25) is 4.79 Å². The van der Waals surface area contributed by atoms with E-state index in [0.29, 0.717) is 6.42 Å². The van der Waals surface area contributed by atoms with E-state index in [9.17, 15) is 13.2 Å². The lowest BCUT2D eigenvalue weighted by Crippen LogP contribution is -2.39. The van der Waals surface area contributed by atoms with Gasteiger partial charge in [0.25, 0.3) is 0 Å². The maximum Gasteiger partial charge on any atom is 0.321 e. The number of methoxy groups -OCH3 is 1. The van der Waals surface area contributed by atoms with Gasteiger partial charge < -0.3 is 4.74 Å². The second-order valence-electron chi connectivity index (χ2n) is 5.77. The summed E-state index contributed by atoms with van der Waals surface area (Å²) in [5.41, 5.74) is 1.80. The molecule has 5 nitrogen and oxygen atoms in total. The average molecular weight is 361 g/mol. The SMILES string of the molecule is CC[C@@H](c1ccccc1)N(CC(=O)OC)S(=O)(=O)c1ccc(C)cc1. The first-order valence-electron chi connectivity index (χ1n) is 8.10. The highest BCUT2D eigenvalue weighted by Crippen LogP contribution is 2.30. The van der Waals surface area contributed by atoms with E-state index in [1.54, 1.807) is 24.3 Å². The van der Waals surface area contributed by atoms with Crippen LogP contribution in [0.5, 0.6) is 0 Å². The molecule has 0 bridgehead atoms. The van der Waals surface area contributed by atoms with Crippen molar-refractivity contribution in [2.75, 3.05) is 13.7 Å². The Kier molecular flexibility index (Phi) is 6.33. The van der Waals surface area contributed by atoms with E-state index in [1.165, 1.54) is 11.4 Å². The maximum absolute atomic E-state index is 13.2. The minimum atomic E-state index is -3.85. The molecule has 0 saturated heterocycles. The Morgan fingerprint density at radius 2 is 1.68 bits per heavy atom. The number of benzene rings is 2. The van der Waals surface area contributed by atoms with Crippen LogP contribution < -0.4 is 0 Å². The number of esters is 1. The van der Waals surface area contributed by atoms with E-state index in [1.807, 2.05) is 44.2 Å². The zero-order valence-electron chi connectivity index (χ0n) is 14.7. The highest BCUT2D eigenvalue weighted by molar-refractivity contribution is 7.89. The molecule has 6 heteroatoms. The lowest BCUT2D eigenvalue weighted by Gasteiger charge is -2.29. The number of rotatable bonds is 7. The van der Waals surface area contributed by atoms with Gasteiger partial charge in [0.05, 0.1) is 18.0 Å². The average Bonchev–Trinajstić information content (AvgIpc) is 2.62. The summed E-state index contributed by atoms with van der Waals surface area (Å²) in [5.74, 6) is -0.593. The summed E-state index contributed by atoms with van der Waals surface area (Å²) < 4.78 is 32.3. The van der Waals surface area contributed by atoms with Crippen LogP contribution in [0.1, 0.15) is 30.5 Å². The number of carbonyl (C=O) groups is 1. The Hall–Kier alpha value is -2.18. The van der Waals surface area contributed by atoms with Gasteiger partial charge in [-0.25, -0.2) is 8.42 Å². The lowest BCUT2D eigenvalue weighted by atomic mass is 10.0. The van der Waals surface area contributed by atoms with Gasteiger partial charge in [0, 0.05) is 0 Å². The molecule has 1 atom stereocenters. The summed E-state index contributed by atoms with van der Waals surface area (Å²) in [6.45, 7) is 3.45. The van der Waals surface area contributed by atoms with Gasteiger partial charge in [0.1, 0.15) is 6.54 Å². The van der Waals surface area contributed by atoms with Crippen molar-refractivity contribution in [2.24, 2.45) is 0 Å². The van der Waals surface area contributed by atoms with Crippen molar-refractivity contribution < 1.29 is 17.9 Å². The van der Waals surface area contributed by atoms with Gasteiger partial charge in [-0.1, -0.05) is 55.0 Å². The van der Waals surface area contributed by atoms with Crippen LogP contribution in [0.3, 0.4) is 0 Å². The normalized spacial score (nSPS) is 12.8. The molecule has 0 radical (unpaired) electrons. The number of sulfonamides is 1. The third kappa shape index (κ3) is 4.46. The Labute approximate surface area is 149 Å². The predicted octanol–water partition coefficient (Wildman–Crippen LogP) is 3.31. The zero-order chi connectivity index (χ0) is 18.4. The highest BCUT2D eigenvalue weighted by atomic mass is 32.2. The first-order chi connectivity index (χ1) is 11.9. The van der Waals surface area contributed by atoms with E-state index < -0.39 is 22.0 Å². The second-order valence-corrected chi connectivity index (χ2v) is 7.66. The summed E-state index contributed by atoms with van der Waals surface area (Å²) in [4.78, 5) is 12.0. The maximum atomic E-state index is 13.2. The number of nitrogens with zero attached hydrogens (tertiary/aromatic N) is 1. The molecule has 0 fully saturated rings. The Morgan fingerprint density at radius 3 is 2.20 bits per heavy atom. The van der Waals surface area contributed by atoms with Crippen molar-refractivity contribution in [3.63, 3.8) is 0 Å². The molecular formula is C19H23NO4S. The molecule has 0 aliphatic carbocycles. The van der Waals surface area contributed by atoms with Crippen LogP contribution in [0, 0.1) is 6.92 Å². The summed E-state index contributed by atoms with van der Waals surface area (Å²) >= 11 is 0. The quantitative estimate of drug-likeness (QED) is 0.710. The number of hydrogen-bond acceptors (Lipinski definition) is 4. The summed E-state index contributed by atoms with van der Waals surface area (Å²) in [6, 6.07) is 15.5. The van der Waals surface area contributed by atoms with Crippen LogP contribution >= 0.6 is 0 Å². The summed E-state index contributed by atoms with van der Waals surface area (Å²) in [6.07, 6.45) is 0.534. The molecule has 0 unspecified atom stereocenters. The standard InChI is InChI=1S/C19H23NO4S/c1-4-18(16-8-6-5-7-9-16)20(14-19(21)24-3)25(22,23)17-12-10-15(2)11-13-17/h5-13,18H,4,14H2,1-3H3/t18-/m0/s1. The Morgan fingerprint density at radius 1 is 1.08 bits per heavy atom. The van der Waals surface area contributed by atoms with Crippen molar-refractivity contribution >= 4 is 16.0 Å². The number of hydrogen-bond donors (Lipinski definition) is 0. The van der Waals surface area contributed by atoms with Crippen molar-refractivity contribution in [2.45, 2.75) is 31.2 Å². The van der Waals surface area contributed by atoms with Gasteiger partial charge in [0.2, 0.25) is 10.0 Å². The van der Waals surface area contributed by atoms with Gasteiger partial charge in [-0.2, -0.15) is 4.31 Å². The highest BCUT2D eigenvalue weighted by Gasteiger charge is 2.33. The molecule has 0 amide bonds. The largest absolute Gasteiger partial charge is 0.468 e. The van der Waals surface area contributed by atoms with Gasteiger partial charge in [-0.15, -0.1) is 0 Å². The fourth-order valence-electron chi connectivity index (χ4n) is 2.68. The smallest absolute Gasteiger partial charge is 0.321 e. The van der Waals surface area contributed by atoms with Crippen LogP contribution in [0.15, 0.2) is 59.5 Å². The minimum Gasteiger partial charge on any atom is -0.468 e. The summed E-state index contributed by atoms with van der Waals surface area (Å²) in [5, 5.41) is 0. The molecule has 0 heterocycles.